The van der Waals surface area contributed by atoms with Crippen molar-refractivity contribution < 1.29 is 8.42 Å². The first-order chi connectivity index (χ1) is 8.66. The van der Waals surface area contributed by atoms with E-state index in [2.05, 4.69) is 9.93 Å². The van der Waals surface area contributed by atoms with Gasteiger partial charge in [0.2, 0.25) is 0 Å². The van der Waals surface area contributed by atoms with E-state index >= 15 is 0 Å². The van der Waals surface area contributed by atoms with Crippen LogP contribution in [0.1, 0.15) is 10.4 Å². The summed E-state index contributed by atoms with van der Waals surface area (Å²) in [6.07, 6.45) is 1.49. The zero-order chi connectivity index (χ0) is 12.8. The summed E-state index contributed by atoms with van der Waals surface area (Å²) in [6.45, 7) is 0. The Bertz CT molecular complexity index is 605. The zero-order valence-electron chi connectivity index (χ0n) is 9.48. The number of hydrogen-bond acceptors (Lipinski definition) is 4. The molecule has 2 rings (SSSR count). The highest BCUT2D eigenvalue weighted by atomic mass is 32.2. The van der Waals surface area contributed by atoms with Gasteiger partial charge in [-0.1, -0.05) is 36.4 Å². The molecule has 1 heterocycles. The van der Waals surface area contributed by atoms with E-state index in [1.807, 2.05) is 23.6 Å². The fraction of sp³-hybridized carbons (Fsp3) is 0.0833. The third-order valence-corrected chi connectivity index (χ3v) is 4.03. The Labute approximate surface area is 110 Å². The van der Waals surface area contributed by atoms with E-state index in [0.29, 0.717) is 0 Å². The van der Waals surface area contributed by atoms with E-state index in [1.165, 1.54) is 17.6 Å². The van der Waals surface area contributed by atoms with E-state index in [9.17, 15) is 8.42 Å². The second kappa shape index (κ2) is 5.79. The van der Waals surface area contributed by atoms with Gasteiger partial charge in [0.15, 0.2) is 0 Å². The lowest BCUT2D eigenvalue weighted by atomic mass is 10.2. The number of benzene rings is 1. The van der Waals surface area contributed by atoms with Crippen LogP contribution in [-0.2, 0) is 15.8 Å². The van der Waals surface area contributed by atoms with Gasteiger partial charge < -0.3 is 0 Å². The lowest BCUT2D eigenvalue weighted by Gasteiger charge is -2.02. The van der Waals surface area contributed by atoms with Crippen molar-refractivity contribution in [2.45, 2.75) is 5.75 Å². The minimum atomic E-state index is -3.43. The second-order valence-electron chi connectivity index (χ2n) is 3.61. The Hall–Kier alpha value is -1.66. The number of hydrazone groups is 1. The minimum Gasteiger partial charge on any atom is -0.205 e. The summed E-state index contributed by atoms with van der Waals surface area (Å²) >= 11 is 1.49. The van der Waals surface area contributed by atoms with Crippen LogP contribution >= 0.6 is 11.3 Å². The summed E-state index contributed by atoms with van der Waals surface area (Å²) in [4.78, 5) is 3.09. The normalized spacial score (nSPS) is 11.8. The van der Waals surface area contributed by atoms with Crippen LogP contribution in [0.15, 0.2) is 52.9 Å². The van der Waals surface area contributed by atoms with Crippen LogP contribution < -0.4 is 4.83 Å². The average molecular weight is 280 g/mol. The first kappa shape index (κ1) is 12.8. The molecule has 6 heteroatoms. The summed E-state index contributed by atoms with van der Waals surface area (Å²) in [6, 6.07) is 12.7. The van der Waals surface area contributed by atoms with Crippen molar-refractivity contribution in [1.29, 1.82) is 0 Å². The summed E-state index contributed by atoms with van der Waals surface area (Å²) in [7, 11) is -3.43. The van der Waals surface area contributed by atoms with Gasteiger partial charge in [0.25, 0.3) is 10.0 Å². The third kappa shape index (κ3) is 3.97. The molecule has 94 valence electrons. The highest BCUT2D eigenvalue weighted by molar-refractivity contribution is 7.88. The van der Waals surface area contributed by atoms with Gasteiger partial charge in [0.05, 0.1) is 12.0 Å². The number of sulfonamides is 1. The molecule has 0 fully saturated rings. The molecule has 0 radical (unpaired) electrons. The van der Waals surface area contributed by atoms with Crippen LogP contribution in [0.25, 0.3) is 0 Å². The maximum atomic E-state index is 11.7. The summed E-state index contributed by atoms with van der Waals surface area (Å²) in [5.74, 6) is -0.0738. The van der Waals surface area contributed by atoms with Crippen molar-refractivity contribution in [3.8, 4) is 0 Å². The Morgan fingerprint density at radius 3 is 2.61 bits per heavy atom. The Morgan fingerprint density at radius 1 is 1.17 bits per heavy atom. The van der Waals surface area contributed by atoms with E-state index in [-0.39, 0.29) is 5.75 Å². The largest absolute Gasteiger partial charge is 0.251 e. The molecule has 1 N–H and O–H groups in total. The molecule has 0 atom stereocenters. The van der Waals surface area contributed by atoms with Crippen LogP contribution in [-0.4, -0.2) is 14.6 Å². The second-order valence-corrected chi connectivity index (χ2v) is 6.29. The van der Waals surface area contributed by atoms with E-state index < -0.39 is 10.0 Å². The van der Waals surface area contributed by atoms with Crippen molar-refractivity contribution >= 4 is 27.6 Å². The fourth-order valence-corrected chi connectivity index (χ4v) is 2.86. The molecule has 0 amide bonds. The maximum absolute atomic E-state index is 11.7. The summed E-state index contributed by atoms with van der Waals surface area (Å²) < 4.78 is 23.4. The van der Waals surface area contributed by atoms with Crippen molar-refractivity contribution in [2.75, 3.05) is 0 Å². The molecule has 0 aliphatic carbocycles. The predicted octanol–water partition coefficient (Wildman–Crippen LogP) is 2.20. The summed E-state index contributed by atoms with van der Waals surface area (Å²) in [5, 5.41) is 5.63. The molecule has 0 saturated carbocycles. The molecular weight excluding hydrogens is 268 g/mol. The number of rotatable bonds is 5. The monoisotopic (exact) mass is 280 g/mol. The van der Waals surface area contributed by atoms with Crippen molar-refractivity contribution in [3.63, 3.8) is 0 Å². The molecule has 2 aromatic rings. The van der Waals surface area contributed by atoms with Gasteiger partial charge >= 0.3 is 0 Å². The number of nitrogens with one attached hydrogen (secondary N) is 1. The molecule has 0 saturated heterocycles. The maximum Gasteiger partial charge on any atom is 0.251 e. The Kier molecular flexibility index (Phi) is 4.11. The van der Waals surface area contributed by atoms with Crippen LogP contribution in [0.2, 0.25) is 0 Å². The van der Waals surface area contributed by atoms with E-state index in [1.54, 1.807) is 24.3 Å². The fourth-order valence-electron chi connectivity index (χ4n) is 1.36. The molecule has 0 bridgehead atoms. The van der Waals surface area contributed by atoms with Gasteiger partial charge in [-0.05, 0) is 17.0 Å². The molecular formula is C12H12N2O2S2. The molecule has 4 nitrogen and oxygen atoms in total. The smallest absolute Gasteiger partial charge is 0.205 e. The van der Waals surface area contributed by atoms with Gasteiger partial charge in [0.1, 0.15) is 0 Å². The lowest BCUT2D eigenvalue weighted by molar-refractivity contribution is 0.584. The first-order valence-electron chi connectivity index (χ1n) is 5.26. The standard InChI is InChI=1S/C12H12N2O2S2/c15-18(16,10-11-5-2-1-3-6-11)14-13-9-12-7-4-8-17-12/h1-9,14H,10H2/b13-9+. The number of nitrogens with zero attached hydrogens (tertiary/aromatic N) is 1. The zero-order valence-corrected chi connectivity index (χ0v) is 11.1. The van der Waals surface area contributed by atoms with Gasteiger partial charge in [0, 0.05) is 4.88 Å². The van der Waals surface area contributed by atoms with Gasteiger partial charge in [-0.15, -0.1) is 11.3 Å². The van der Waals surface area contributed by atoms with Crippen molar-refractivity contribution in [3.05, 3.63) is 58.3 Å². The molecule has 0 aliphatic rings. The lowest BCUT2D eigenvalue weighted by Crippen LogP contribution is -2.20. The molecule has 1 aromatic heterocycles. The van der Waals surface area contributed by atoms with Gasteiger partial charge in [-0.3, -0.25) is 0 Å². The van der Waals surface area contributed by atoms with Crippen LogP contribution in [0.4, 0.5) is 0 Å². The molecule has 0 aliphatic heterocycles. The molecule has 18 heavy (non-hydrogen) atoms. The topological polar surface area (TPSA) is 58.5 Å². The van der Waals surface area contributed by atoms with Gasteiger partial charge in [-0.2, -0.15) is 5.10 Å². The minimum absolute atomic E-state index is 0.0738. The van der Waals surface area contributed by atoms with Crippen molar-refractivity contribution in [1.82, 2.24) is 4.83 Å². The molecule has 1 aromatic carbocycles. The molecule has 0 spiro atoms. The highest BCUT2D eigenvalue weighted by Crippen LogP contribution is 2.05. The predicted molar refractivity (Wildman–Crippen MR) is 74.1 cm³/mol. The number of hydrogen-bond donors (Lipinski definition) is 1. The van der Waals surface area contributed by atoms with Gasteiger partial charge in [-0.25, -0.2) is 13.2 Å². The highest BCUT2D eigenvalue weighted by Gasteiger charge is 2.09. The Morgan fingerprint density at radius 2 is 1.94 bits per heavy atom. The number of thiophene rings is 1. The van der Waals surface area contributed by atoms with Crippen LogP contribution in [0.3, 0.4) is 0 Å². The third-order valence-electron chi connectivity index (χ3n) is 2.13. The molecule has 0 unspecified atom stereocenters. The SMILES string of the molecule is O=S(=O)(Cc1ccccc1)N/N=C/c1cccs1. The quantitative estimate of drug-likeness (QED) is 0.674. The van der Waals surface area contributed by atoms with E-state index in [4.69, 9.17) is 0 Å². The van der Waals surface area contributed by atoms with Crippen LogP contribution in [0, 0.1) is 0 Å². The average Bonchev–Trinajstić information content (AvgIpc) is 2.82. The van der Waals surface area contributed by atoms with E-state index in [0.717, 1.165) is 10.4 Å². The summed E-state index contributed by atoms with van der Waals surface area (Å²) in [5.41, 5.74) is 0.733. The van der Waals surface area contributed by atoms with Crippen LogP contribution in [0.5, 0.6) is 0 Å². The first-order valence-corrected chi connectivity index (χ1v) is 7.79. The van der Waals surface area contributed by atoms with Crippen molar-refractivity contribution in [2.24, 2.45) is 5.10 Å². The Balaban J connectivity index is 1.96.